The number of primary amides is 1. The summed E-state index contributed by atoms with van der Waals surface area (Å²) < 4.78 is 4.96. The topological polar surface area (TPSA) is 92.8 Å². The van der Waals surface area contributed by atoms with E-state index in [2.05, 4.69) is 0 Å². The molecule has 0 saturated carbocycles. The maximum absolute atomic E-state index is 10.4. The molecule has 1 aromatic carbocycles. The molecule has 1 aromatic rings. The molecule has 74 valence electrons. The van der Waals surface area contributed by atoms with E-state index in [1.807, 2.05) is 0 Å². The Morgan fingerprint density at radius 1 is 1.36 bits per heavy atom. The van der Waals surface area contributed by atoms with Gasteiger partial charge in [0.15, 0.2) is 6.61 Å². The summed E-state index contributed by atoms with van der Waals surface area (Å²) in [5, 5.41) is 17.5. The molecule has 0 unspecified atom stereocenters. The Morgan fingerprint density at radius 3 is 2.36 bits per heavy atom. The van der Waals surface area contributed by atoms with Crippen LogP contribution >= 0.6 is 0 Å². The fourth-order valence-corrected chi connectivity index (χ4v) is 0.891. The van der Waals surface area contributed by atoms with Crippen LogP contribution in [0.25, 0.3) is 0 Å². The van der Waals surface area contributed by atoms with Crippen LogP contribution < -0.4 is 15.9 Å². The van der Waals surface area contributed by atoms with Crippen molar-refractivity contribution in [2.45, 2.75) is 0 Å². The number of nitrogens with two attached hydrogens (primary N) is 1. The van der Waals surface area contributed by atoms with Gasteiger partial charge in [0.05, 0.1) is 0 Å². The molecule has 5 nitrogen and oxygen atoms in total. The van der Waals surface area contributed by atoms with Crippen molar-refractivity contribution in [3.05, 3.63) is 24.3 Å². The third kappa shape index (κ3) is 3.08. The Balaban J connectivity index is 2.59. The molecule has 6 heteroatoms. The molecule has 0 heterocycles. The minimum absolute atomic E-state index is 0.193. The van der Waals surface area contributed by atoms with Crippen LogP contribution in [-0.4, -0.2) is 29.7 Å². The first-order valence-corrected chi connectivity index (χ1v) is 3.97. The van der Waals surface area contributed by atoms with E-state index in [0.29, 0.717) is 11.2 Å². The van der Waals surface area contributed by atoms with Gasteiger partial charge in [-0.1, -0.05) is 12.1 Å². The zero-order valence-corrected chi connectivity index (χ0v) is 7.38. The summed E-state index contributed by atoms with van der Waals surface area (Å²) in [6, 6.07) is 6.03. The van der Waals surface area contributed by atoms with Crippen molar-refractivity contribution < 1.29 is 19.6 Å². The summed E-state index contributed by atoms with van der Waals surface area (Å²) in [5.74, 6) is -0.107. The fourth-order valence-electron chi connectivity index (χ4n) is 0.891. The highest BCUT2D eigenvalue weighted by molar-refractivity contribution is 6.58. The summed E-state index contributed by atoms with van der Waals surface area (Å²) in [6.07, 6.45) is 0. The minimum Gasteiger partial charge on any atom is -0.484 e. The van der Waals surface area contributed by atoms with Crippen molar-refractivity contribution in [1.82, 2.24) is 0 Å². The summed E-state index contributed by atoms with van der Waals surface area (Å²) in [6.45, 7) is -0.193. The van der Waals surface area contributed by atoms with Gasteiger partial charge in [-0.3, -0.25) is 4.79 Å². The quantitative estimate of drug-likeness (QED) is 0.495. The molecule has 0 radical (unpaired) electrons. The number of benzene rings is 1. The molecular weight excluding hydrogens is 185 g/mol. The lowest BCUT2D eigenvalue weighted by Gasteiger charge is -2.04. The predicted molar refractivity (Wildman–Crippen MR) is 51.0 cm³/mol. The molecule has 0 aliphatic heterocycles. The van der Waals surface area contributed by atoms with Gasteiger partial charge < -0.3 is 20.5 Å². The highest BCUT2D eigenvalue weighted by Gasteiger charge is 2.09. The van der Waals surface area contributed by atoms with E-state index in [-0.39, 0.29) is 6.61 Å². The third-order valence-electron chi connectivity index (χ3n) is 1.56. The van der Waals surface area contributed by atoms with Gasteiger partial charge in [0.2, 0.25) is 0 Å². The van der Waals surface area contributed by atoms with E-state index >= 15 is 0 Å². The Bertz CT molecular complexity index is 312. The largest absolute Gasteiger partial charge is 0.488 e. The van der Waals surface area contributed by atoms with Crippen molar-refractivity contribution in [2.75, 3.05) is 6.61 Å². The van der Waals surface area contributed by atoms with Crippen molar-refractivity contribution in [1.29, 1.82) is 0 Å². The second-order valence-corrected chi connectivity index (χ2v) is 2.70. The summed E-state index contributed by atoms with van der Waals surface area (Å²) >= 11 is 0. The smallest absolute Gasteiger partial charge is 0.484 e. The lowest BCUT2D eigenvalue weighted by Crippen LogP contribution is -2.29. The van der Waals surface area contributed by atoms with Gasteiger partial charge in [-0.05, 0) is 17.6 Å². The fraction of sp³-hybridized carbons (Fsp3) is 0.125. The Morgan fingerprint density at radius 2 is 1.93 bits per heavy atom. The molecule has 4 N–H and O–H groups in total. The predicted octanol–water partition coefficient (Wildman–Crippen LogP) is -1.77. The average Bonchev–Trinajstić information content (AvgIpc) is 2.15. The first-order chi connectivity index (χ1) is 6.59. The van der Waals surface area contributed by atoms with Crippen LogP contribution in [0, 0.1) is 0 Å². The number of amides is 1. The number of rotatable bonds is 4. The molecule has 0 aromatic heterocycles. The van der Waals surface area contributed by atoms with Crippen molar-refractivity contribution in [3.8, 4) is 5.75 Å². The van der Waals surface area contributed by atoms with Crippen LogP contribution in [0.3, 0.4) is 0 Å². The normalized spacial score (nSPS) is 9.57. The summed E-state index contributed by atoms with van der Waals surface area (Å²) in [7, 11) is -1.50. The van der Waals surface area contributed by atoms with Crippen LogP contribution in [0.5, 0.6) is 5.75 Å². The van der Waals surface area contributed by atoms with E-state index in [1.165, 1.54) is 24.3 Å². The van der Waals surface area contributed by atoms with Crippen molar-refractivity contribution in [2.24, 2.45) is 5.73 Å². The number of ether oxygens (including phenoxy) is 1. The monoisotopic (exact) mass is 195 g/mol. The molecule has 1 rings (SSSR count). The number of hydrogen-bond acceptors (Lipinski definition) is 4. The zero-order valence-electron chi connectivity index (χ0n) is 7.38. The summed E-state index contributed by atoms with van der Waals surface area (Å²) in [4.78, 5) is 10.4. The molecule has 0 bridgehead atoms. The maximum Gasteiger partial charge on any atom is 0.488 e. The van der Waals surface area contributed by atoms with Gasteiger partial charge in [-0.15, -0.1) is 0 Å². The molecule has 0 saturated heterocycles. The highest BCUT2D eigenvalue weighted by atomic mass is 16.5. The van der Waals surface area contributed by atoms with E-state index in [4.69, 9.17) is 20.5 Å². The van der Waals surface area contributed by atoms with Gasteiger partial charge in [-0.2, -0.15) is 0 Å². The van der Waals surface area contributed by atoms with Gasteiger partial charge in [-0.25, -0.2) is 0 Å². The number of carbonyl (C=O) groups excluding carboxylic acids is 1. The molecule has 0 atom stereocenters. The molecular formula is C8H10BNO4. The van der Waals surface area contributed by atoms with E-state index in [1.54, 1.807) is 0 Å². The lowest BCUT2D eigenvalue weighted by atomic mass is 9.80. The molecule has 0 fully saturated rings. The van der Waals surface area contributed by atoms with Crippen molar-refractivity contribution >= 4 is 18.5 Å². The van der Waals surface area contributed by atoms with Gasteiger partial charge in [0.25, 0.3) is 5.91 Å². The standard InChI is InChI=1S/C8H10BNO4/c10-8(11)5-14-7-3-1-6(2-4-7)9(12)13/h1-4,12-13H,5H2,(H2,10,11). The van der Waals surface area contributed by atoms with Crippen LogP contribution in [0.4, 0.5) is 0 Å². The zero-order chi connectivity index (χ0) is 10.6. The average molecular weight is 195 g/mol. The summed E-state index contributed by atoms with van der Waals surface area (Å²) in [5.41, 5.74) is 5.23. The van der Waals surface area contributed by atoms with Crippen LogP contribution in [0.1, 0.15) is 0 Å². The van der Waals surface area contributed by atoms with Crippen LogP contribution in [0.2, 0.25) is 0 Å². The number of hydrogen-bond donors (Lipinski definition) is 3. The first kappa shape index (κ1) is 10.6. The Hall–Kier alpha value is -1.53. The highest BCUT2D eigenvalue weighted by Crippen LogP contribution is 2.06. The SMILES string of the molecule is NC(=O)COc1ccc(B(O)O)cc1. The Kier molecular flexibility index (Phi) is 3.50. The van der Waals surface area contributed by atoms with Crippen LogP contribution in [0.15, 0.2) is 24.3 Å². The lowest BCUT2D eigenvalue weighted by molar-refractivity contribution is -0.119. The van der Waals surface area contributed by atoms with E-state index < -0.39 is 13.0 Å². The van der Waals surface area contributed by atoms with Gasteiger partial charge in [0.1, 0.15) is 5.75 Å². The molecule has 0 spiro atoms. The first-order valence-electron chi connectivity index (χ1n) is 3.97. The van der Waals surface area contributed by atoms with Crippen LogP contribution in [-0.2, 0) is 4.79 Å². The number of carbonyl (C=O) groups is 1. The second-order valence-electron chi connectivity index (χ2n) is 2.70. The van der Waals surface area contributed by atoms with E-state index in [0.717, 1.165) is 0 Å². The van der Waals surface area contributed by atoms with Crippen molar-refractivity contribution in [3.63, 3.8) is 0 Å². The molecule has 0 aliphatic rings. The molecule has 0 aliphatic carbocycles. The van der Waals surface area contributed by atoms with Gasteiger partial charge >= 0.3 is 7.12 Å². The molecule has 1 amide bonds. The Labute approximate surface area is 81.3 Å². The maximum atomic E-state index is 10.4. The van der Waals surface area contributed by atoms with Gasteiger partial charge in [0, 0.05) is 0 Å². The minimum atomic E-state index is -1.50. The molecule has 14 heavy (non-hydrogen) atoms. The second kappa shape index (κ2) is 4.64. The van der Waals surface area contributed by atoms with E-state index in [9.17, 15) is 4.79 Å². The third-order valence-corrected chi connectivity index (χ3v) is 1.56.